The Balaban J connectivity index is 1.31. The molecule has 0 bridgehead atoms. The molecule has 190 valence electrons. The molecule has 0 aromatic carbocycles. The molecule has 0 spiro atoms. The molecule has 4 N–H and O–H groups in total. The molecule has 0 aliphatic heterocycles. The van der Waals surface area contributed by atoms with E-state index in [0.29, 0.717) is 40.8 Å². The third-order valence-corrected chi connectivity index (χ3v) is 7.80. The van der Waals surface area contributed by atoms with Gasteiger partial charge in [0.2, 0.25) is 5.91 Å². The fourth-order valence-corrected chi connectivity index (χ4v) is 5.59. The number of amides is 1. The third kappa shape index (κ3) is 3.32. The van der Waals surface area contributed by atoms with Crippen LogP contribution in [0.25, 0.3) is 28.6 Å². The van der Waals surface area contributed by atoms with Gasteiger partial charge in [-0.2, -0.15) is 14.6 Å². The van der Waals surface area contributed by atoms with Crippen LogP contribution < -0.4 is 10.6 Å². The zero-order valence-corrected chi connectivity index (χ0v) is 19.9. The lowest BCUT2D eigenvalue weighted by atomic mass is 9.98. The normalized spacial score (nSPS) is 28.3. The average molecular weight is 504 g/mol. The van der Waals surface area contributed by atoms with Crippen molar-refractivity contribution >= 4 is 22.9 Å². The van der Waals surface area contributed by atoms with Gasteiger partial charge in [-0.15, -0.1) is 5.10 Å². The van der Waals surface area contributed by atoms with Crippen molar-refractivity contribution in [3.05, 3.63) is 31.0 Å². The zero-order valence-electron chi connectivity index (χ0n) is 19.9. The van der Waals surface area contributed by atoms with E-state index < -0.39 is 23.7 Å². The van der Waals surface area contributed by atoms with Gasteiger partial charge in [0, 0.05) is 31.9 Å². The van der Waals surface area contributed by atoms with Crippen LogP contribution in [0.1, 0.15) is 25.3 Å². The van der Waals surface area contributed by atoms with Gasteiger partial charge >= 0.3 is 0 Å². The van der Waals surface area contributed by atoms with E-state index in [1.807, 2.05) is 0 Å². The molecule has 4 heterocycles. The van der Waals surface area contributed by atoms with E-state index in [2.05, 4.69) is 40.9 Å². The number of aliphatic hydroxyl groups is 2. The van der Waals surface area contributed by atoms with E-state index in [-0.39, 0.29) is 17.8 Å². The molecule has 7 rings (SSSR count). The highest BCUT2D eigenvalue weighted by atomic mass is 16.3. The number of nitrogens with one attached hydrogen (secondary N) is 2. The monoisotopic (exact) mass is 503 g/mol. The van der Waals surface area contributed by atoms with Crippen LogP contribution in [0.2, 0.25) is 0 Å². The highest BCUT2D eigenvalue weighted by molar-refractivity contribution is 5.88. The van der Waals surface area contributed by atoms with Crippen molar-refractivity contribution in [3.8, 4) is 17.5 Å². The van der Waals surface area contributed by atoms with Crippen molar-refractivity contribution in [2.24, 2.45) is 17.3 Å². The molecule has 4 aromatic heterocycles. The van der Waals surface area contributed by atoms with Crippen molar-refractivity contribution in [1.29, 1.82) is 0 Å². The van der Waals surface area contributed by atoms with Crippen LogP contribution in [0.15, 0.2) is 31.0 Å². The minimum Gasteiger partial charge on any atom is -0.389 e. The minimum atomic E-state index is -1.18. The molecular weight excluding hydrogens is 478 g/mol. The Labute approximate surface area is 210 Å². The van der Waals surface area contributed by atoms with Crippen LogP contribution in [0.4, 0.5) is 5.82 Å². The van der Waals surface area contributed by atoms with Crippen molar-refractivity contribution in [2.75, 3.05) is 18.9 Å². The number of carbonyl (C=O) groups is 1. The third-order valence-electron chi connectivity index (χ3n) is 7.80. The highest BCUT2D eigenvalue weighted by Gasteiger charge is 2.75. The first-order chi connectivity index (χ1) is 18.0. The number of rotatable bonds is 7. The summed E-state index contributed by atoms with van der Waals surface area (Å²) in [7, 11) is 1.54. The summed E-state index contributed by atoms with van der Waals surface area (Å²) in [6, 6.07) is 1.15. The number of carbonyl (C=O) groups excluding carboxylic acids is 1. The van der Waals surface area contributed by atoms with Gasteiger partial charge in [0.05, 0.1) is 30.1 Å². The van der Waals surface area contributed by atoms with E-state index in [1.165, 1.54) is 24.6 Å². The first-order valence-electron chi connectivity index (χ1n) is 12.3. The Morgan fingerprint density at radius 2 is 2.00 bits per heavy atom. The maximum atomic E-state index is 12.6. The molecule has 5 atom stereocenters. The molecule has 0 saturated heterocycles. The largest absolute Gasteiger partial charge is 0.389 e. The smallest absolute Gasteiger partial charge is 0.256 e. The molecule has 3 fully saturated rings. The summed E-state index contributed by atoms with van der Waals surface area (Å²) in [5, 5.41) is 36.2. The second kappa shape index (κ2) is 7.98. The molecule has 3 aliphatic carbocycles. The van der Waals surface area contributed by atoms with Gasteiger partial charge in [-0.3, -0.25) is 4.79 Å². The Bertz CT molecular complexity index is 1500. The average Bonchev–Trinajstić information content (AvgIpc) is 3.77. The second-order valence-corrected chi connectivity index (χ2v) is 10.00. The summed E-state index contributed by atoms with van der Waals surface area (Å²) < 4.78 is 3.19. The number of hydrogen-bond donors (Lipinski definition) is 4. The van der Waals surface area contributed by atoms with Crippen LogP contribution in [-0.2, 0) is 4.79 Å². The predicted octanol–water partition coefficient (Wildman–Crippen LogP) is -0.285. The Morgan fingerprint density at radius 3 is 2.76 bits per heavy atom. The van der Waals surface area contributed by atoms with E-state index in [9.17, 15) is 15.0 Å². The van der Waals surface area contributed by atoms with E-state index in [4.69, 9.17) is 4.98 Å². The Morgan fingerprint density at radius 1 is 1.19 bits per heavy atom. The maximum Gasteiger partial charge on any atom is 0.256 e. The molecular formula is C23H25N11O3. The number of nitrogens with zero attached hydrogens (tertiary/aromatic N) is 9. The molecule has 14 heteroatoms. The lowest BCUT2D eigenvalue weighted by Crippen LogP contribution is -2.41. The number of fused-ring (bicyclic) bond motifs is 2. The van der Waals surface area contributed by atoms with E-state index in [1.54, 1.807) is 35.6 Å². The van der Waals surface area contributed by atoms with Gasteiger partial charge in [-0.25, -0.2) is 15.0 Å². The topological polar surface area (TPSA) is 182 Å². The fraction of sp³-hybridized carbons (Fsp3) is 0.478. The second-order valence-electron chi connectivity index (χ2n) is 10.00. The Kier molecular flexibility index (Phi) is 4.78. The SMILES string of the molecule is CNC(=O)[C@@]12C[C@@H]1[C@@H](n1cnc3c(NCC4CC4)nc(-n4cc(-c5ncccn5)nn4)nc31)[C@@H](O)C2O. The number of aliphatic hydroxyl groups excluding tert-OH is 2. The molecule has 1 unspecified atom stereocenters. The summed E-state index contributed by atoms with van der Waals surface area (Å²) in [6.07, 6.45) is 6.97. The fourth-order valence-electron chi connectivity index (χ4n) is 5.59. The molecule has 3 aliphatic rings. The van der Waals surface area contributed by atoms with Gasteiger partial charge in [0.1, 0.15) is 6.10 Å². The number of aromatic nitrogens is 9. The van der Waals surface area contributed by atoms with Crippen molar-refractivity contribution in [1.82, 2.24) is 49.8 Å². The lowest BCUT2D eigenvalue weighted by molar-refractivity contribution is -0.132. The highest BCUT2D eigenvalue weighted by Crippen LogP contribution is 2.67. The lowest BCUT2D eigenvalue weighted by Gasteiger charge is -2.23. The van der Waals surface area contributed by atoms with E-state index >= 15 is 0 Å². The van der Waals surface area contributed by atoms with Crippen LogP contribution in [-0.4, -0.2) is 86.4 Å². The van der Waals surface area contributed by atoms with Crippen LogP contribution in [0.5, 0.6) is 0 Å². The van der Waals surface area contributed by atoms with Crippen molar-refractivity contribution < 1.29 is 15.0 Å². The zero-order chi connectivity index (χ0) is 25.3. The van der Waals surface area contributed by atoms with Gasteiger partial charge in [-0.05, 0) is 31.2 Å². The Hall–Kier alpha value is -4.04. The predicted molar refractivity (Wildman–Crippen MR) is 128 cm³/mol. The first-order valence-corrected chi connectivity index (χ1v) is 12.3. The van der Waals surface area contributed by atoms with Gasteiger partial charge in [-0.1, -0.05) is 5.21 Å². The minimum absolute atomic E-state index is 0.246. The number of anilines is 1. The molecule has 14 nitrogen and oxygen atoms in total. The summed E-state index contributed by atoms with van der Waals surface area (Å²) >= 11 is 0. The van der Waals surface area contributed by atoms with Crippen LogP contribution in [0, 0.1) is 17.3 Å². The quantitative estimate of drug-likeness (QED) is 0.260. The van der Waals surface area contributed by atoms with Gasteiger partial charge in [0.15, 0.2) is 28.5 Å². The maximum absolute atomic E-state index is 12.6. The molecule has 37 heavy (non-hydrogen) atoms. The van der Waals surface area contributed by atoms with Gasteiger partial charge in [0.25, 0.3) is 5.95 Å². The summed E-state index contributed by atoms with van der Waals surface area (Å²) in [4.78, 5) is 35.0. The summed E-state index contributed by atoms with van der Waals surface area (Å²) in [5.41, 5.74) is 0.463. The van der Waals surface area contributed by atoms with Crippen LogP contribution in [0.3, 0.4) is 0 Å². The number of imidazole rings is 1. The molecule has 3 saturated carbocycles. The van der Waals surface area contributed by atoms with Gasteiger partial charge < -0.3 is 25.4 Å². The molecule has 0 radical (unpaired) electrons. The first kappa shape index (κ1) is 22.2. The summed E-state index contributed by atoms with van der Waals surface area (Å²) in [5.74, 6) is 1.30. The standard InChI is InChI=1S/C23H25N11O3/c1-24-21(37)23-7-12(23)15(16(35)17(23)36)33-10-28-14-19(27-8-11-3-4-11)29-22(30-20(14)33)34-9-13(31-32-34)18-25-5-2-6-26-18/h2,5-6,9-12,15-17,35-36H,3-4,7-8H2,1H3,(H,24,37)(H,27,29,30)/t12-,15-,16-,17?,23+/m1/s1. The van der Waals surface area contributed by atoms with E-state index in [0.717, 1.165) is 6.54 Å². The molecule has 4 aromatic rings. The van der Waals surface area contributed by atoms with Crippen molar-refractivity contribution in [3.63, 3.8) is 0 Å². The van der Waals surface area contributed by atoms with Crippen molar-refractivity contribution in [2.45, 2.75) is 37.5 Å². The molecule has 1 amide bonds. The van der Waals surface area contributed by atoms with Crippen LogP contribution >= 0.6 is 0 Å². The number of hydrogen-bond acceptors (Lipinski definition) is 11. The summed E-state index contributed by atoms with van der Waals surface area (Å²) in [6.45, 7) is 0.756.